The SMILES string of the molecule is O=C(C[C@@H]1CC2(CCN(C(=O)c3ccsc3)CC2)c2ccccc21)NC1CCC1. The topological polar surface area (TPSA) is 49.4 Å². The Morgan fingerprint density at radius 1 is 1.14 bits per heavy atom. The molecular weight excluding hydrogens is 380 g/mol. The second-order valence-electron chi connectivity index (χ2n) is 8.97. The van der Waals surface area contributed by atoms with Gasteiger partial charge in [-0.1, -0.05) is 24.3 Å². The van der Waals surface area contributed by atoms with Gasteiger partial charge in [0.05, 0.1) is 5.56 Å². The van der Waals surface area contributed by atoms with Gasteiger partial charge in [0.15, 0.2) is 0 Å². The molecule has 3 aliphatic rings. The van der Waals surface area contributed by atoms with Gasteiger partial charge in [-0.25, -0.2) is 0 Å². The molecule has 1 aliphatic heterocycles. The number of amides is 2. The van der Waals surface area contributed by atoms with Crippen LogP contribution in [0.5, 0.6) is 0 Å². The third-order valence-electron chi connectivity index (χ3n) is 7.29. The second-order valence-corrected chi connectivity index (χ2v) is 9.75. The number of likely N-dealkylation sites (tertiary alicyclic amines) is 1. The molecule has 2 aromatic rings. The molecule has 2 fully saturated rings. The van der Waals surface area contributed by atoms with Crippen LogP contribution in [0.15, 0.2) is 41.1 Å². The maximum absolute atomic E-state index is 12.7. The van der Waals surface area contributed by atoms with Crippen LogP contribution < -0.4 is 5.32 Å². The van der Waals surface area contributed by atoms with Crippen molar-refractivity contribution in [3.05, 3.63) is 57.8 Å². The Kier molecular flexibility index (Phi) is 4.94. The molecule has 5 rings (SSSR count). The van der Waals surface area contributed by atoms with Gasteiger partial charge in [-0.3, -0.25) is 9.59 Å². The second kappa shape index (κ2) is 7.60. The Morgan fingerprint density at radius 2 is 1.93 bits per heavy atom. The van der Waals surface area contributed by atoms with Crippen LogP contribution in [0.2, 0.25) is 0 Å². The average molecular weight is 409 g/mol. The lowest BCUT2D eigenvalue weighted by Gasteiger charge is -2.40. The lowest BCUT2D eigenvalue weighted by atomic mass is 9.73. The first-order chi connectivity index (χ1) is 14.1. The normalized spacial score (nSPS) is 22.9. The Morgan fingerprint density at radius 3 is 2.62 bits per heavy atom. The molecule has 1 aromatic heterocycles. The maximum Gasteiger partial charge on any atom is 0.254 e. The number of carbonyl (C=O) groups excluding carboxylic acids is 2. The Hall–Kier alpha value is -2.14. The first kappa shape index (κ1) is 18.9. The molecule has 1 saturated heterocycles. The van der Waals surface area contributed by atoms with Gasteiger partial charge in [0.1, 0.15) is 0 Å². The van der Waals surface area contributed by atoms with Gasteiger partial charge in [-0.15, -0.1) is 0 Å². The van der Waals surface area contributed by atoms with E-state index in [1.165, 1.54) is 17.5 Å². The van der Waals surface area contributed by atoms with Crippen LogP contribution in [0, 0.1) is 0 Å². The lowest BCUT2D eigenvalue weighted by molar-refractivity contribution is -0.122. The van der Waals surface area contributed by atoms with Gasteiger partial charge >= 0.3 is 0 Å². The molecule has 2 aliphatic carbocycles. The summed E-state index contributed by atoms with van der Waals surface area (Å²) in [7, 11) is 0. The Bertz CT molecular complexity index is 895. The van der Waals surface area contributed by atoms with Crippen LogP contribution in [0.4, 0.5) is 0 Å². The molecule has 0 unspecified atom stereocenters. The highest BCUT2D eigenvalue weighted by Gasteiger charge is 2.46. The summed E-state index contributed by atoms with van der Waals surface area (Å²) in [6, 6.07) is 11.0. The Labute approximate surface area is 176 Å². The van der Waals surface area contributed by atoms with Crippen molar-refractivity contribution in [1.82, 2.24) is 10.2 Å². The Balaban J connectivity index is 1.29. The van der Waals surface area contributed by atoms with Gasteiger partial charge in [-0.05, 0) is 72.4 Å². The summed E-state index contributed by atoms with van der Waals surface area (Å²) >= 11 is 1.57. The summed E-state index contributed by atoms with van der Waals surface area (Å²) in [4.78, 5) is 27.3. The minimum atomic E-state index is 0.115. The van der Waals surface area contributed by atoms with Gasteiger partial charge in [0.2, 0.25) is 5.91 Å². The molecule has 1 aromatic carbocycles. The molecule has 1 spiro atoms. The first-order valence-electron chi connectivity index (χ1n) is 10.8. The van der Waals surface area contributed by atoms with Gasteiger partial charge < -0.3 is 10.2 Å². The summed E-state index contributed by atoms with van der Waals surface area (Å²) in [6.45, 7) is 1.59. The van der Waals surface area contributed by atoms with E-state index in [0.29, 0.717) is 18.4 Å². The standard InChI is InChI=1S/C24H28N2O2S/c27-22(25-19-4-3-5-19)14-18-15-24(21-7-2-1-6-20(18)21)9-11-26(12-10-24)23(28)17-8-13-29-16-17/h1-2,6-8,13,16,18-19H,3-5,9-12,14-15H2,(H,25,27)/t18-/m1/s1. The van der Waals surface area contributed by atoms with E-state index in [1.807, 2.05) is 21.7 Å². The van der Waals surface area contributed by atoms with Crippen molar-refractivity contribution < 1.29 is 9.59 Å². The molecule has 4 nitrogen and oxygen atoms in total. The average Bonchev–Trinajstić information content (AvgIpc) is 3.34. The van der Waals surface area contributed by atoms with E-state index in [2.05, 4.69) is 29.6 Å². The maximum atomic E-state index is 12.7. The first-order valence-corrected chi connectivity index (χ1v) is 11.8. The number of hydrogen-bond acceptors (Lipinski definition) is 3. The third-order valence-corrected chi connectivity index (χ3v) is 7.97. The molecule has 152 valence electrons. The number of rotatable bonds is 4. The fourth-order valence-corrected chi connectivity index (χ4v) is 6.08. The number of nitrogens with one attached hydrogen (secondary N) is 1. The minimum absolute atomic E-state index is 0.115. The summed E-state index contributed by atoms with van der Waals surface area (Å²) in [5.41, 5.74) is 3.70. The zero-order valence-corrected chi connectivity index (χ0v) is 17.5. The summed E-state index contributed by atoms with van der Waals surface area (Å²) in [6.07, 6.45) is 7.09. The predicted octanol–water partition coefficient (Wildman–Crippen LogP) is 4.47. The predicted molar refractivity (Wildman–Crippen MR) is 115 cm³/mol. The largest absolute Gasteiger partial charge is 0.353 e. The molecule has 1 atom stereocenters. The van der Waals surface area contributed by atoms with E-state index in [-0.39, 0.29) is 17.2 Å². The van der Waals surface area contributed by atoms with Crippen LogP contribution in [0.25, 0.3) is 0 Å². The van der Waals surface area contributed by atoms with Crippen molar-refractivity contribution in [2.24, 2.45) is 0 Å². The van der Waals surface area contributed by atoms with Gasteiger partial charge in [0, 0.05) is 30.9 Å². The highest BCUT2D eigenvalue weighted by atomic mass is 32.1. The quantitative estimate of drug-likeness (QED) is 0.812. The van der Waals surface area contributed by atoms with Crippen molar-refractivity contribution in [3.8, 4) is 0 Å². The third kappa shape index (κ3) is 3.50. The van der Waals surface area contributed by atoms with E-state index in [0.717, 1.165) is 50.8 Å². The van der Waals surface area contributed by atoms with Crippen LogP contribution in [0.3, 0.4) is 0 Å². The van der Waals surface area contributed by atoms with Crippen molar-refractivity contribution in [3.63, 3.8) is 0 Å². The van der Waals surface area contributed by atoms with E-state index in [9.17, 15) is 9.59 Å². The van der Waals surface area contributed by atoms with Crippen molar-refractivity contribution >= 4 is 23.2 Å². The van der Waals surface area contributed by atoms with E-state index in [4.69, 9.17) is 0 Å². The number of piperidine rings is 1. The highest BCUT2D eigenvalue weighted by molar-refractivity contribution is 7.08. The number of benzene rings is 1. The minimum Gasteiger partial charge on any atom is -0.353 e. The molecule has 2 amide bonds. The van der Waals surface area contributed by atoms with Crippen LogP contribution >= 0.6 is 11.3 Å². The molecular formula is C24H28N2O2S. The summed E-state index contributed by atoms with van der Waals surface area (Å²) in [5, 5.41) is 7.11. The van der Waals surface area contributed by atoms with E-state index in [1.54, 1.807) is 11.3 Å². The zero-order chi connectivity index (χ0) is 19.8. The van der Waals surface area contributed by atoms with Crippen LogP contribution in [-0.4, -0.2) is 35.8 Å². The highest BCUT2D eigenvalue weighted by Crippen LogP contribution is 2.52. The zero-order valence-electron chi connectivity index (χ0n) is 16.7. The fourth-order valence-electron chi connectivity index (χ4n) is 5.45. The molecule has 1 N–H and O–H groups in total. The molecule has 0 radical (unpaired) electrons. The summed E-state index contributed by atoms with van der Waals surface area (Å²) in [5.74, 6) is 0.658. The number of hydrogen-bond donors (Lipinski definition) is 1. The van der Waals surface area contributed by atoms with Crippen LogP contribution in [0.1, 0.15) is 72.3 Å². The number of fused-ring (bicyclic) bond motifs is 2. The van der Waals surface area contributed by atoms with Crippen molar-refractivity contribution in [2.45, 2.75) is 62.3 Å². The number of carbonyl (C=O) groups is 2. The number of nitrogens with zero attached hydrogens (tertiary/aromatic N) is 1. The van der Waals surface area contributed by atoms with Gasteiger partial charge in [-0.2, -0.15) is 11.3 Å². The van der Waals surface area contributed by atoms with Crippen LogP contribution in [-0.2, 0) is 10.2 Å². The fraction of sp³-hybridized carbons (Fsp3) is 0.500. The molecule has 29 heavy (non-hydrogen) atoms. The van der Waals surface area contributed by atoms with E-state index < -0.39 is 0 Å². The summed E-state index contributed by atoms with van der Waals surface area (Å²) < 4.78 is 0. The molecule has 1 saturated carbocycles. The smallest absolute Gasteiger partial charge is 0.254 e. The van der Waals surface area contributed by atoms with Crippen molar-refractivity contribution in [1.29, 1.82) is 0 Å². The van der Waals surface area contributed by atoms with Gasteiger partial charge in [0.25, 0.3) is 5.91 Å². The molecule has 2 heterocycles. The monoisotopic (exact) mass is 408 g/mol. The van der Waals surface area contributed by atoms with Crippen molar-refractivity contribution in [2.75, 3.05) is 13.1 Å². The number of thiophene rings is 1. The molecule has 0 bridgehead atoms. The molecule has 5 heteroatoms. The van der Waals surface area contributed by atoms with E-state index >= 15 is 0 Å². The lowest BCUT2D eigenvalue weighted by Crippen LogP contribution is -2.44.